The fourth-order valence-corrected chi connectivity index (χ4v) is 2.97. The zero-order chi connectivity index (χ0) is 21.8. The quantitative estimate of drug-likeness (QED) is 0.438. The van der Waals surface area contributed by atoms with Gasteiger partial charge in [-0.2, -0.15) is 5.01 Å². The third-order valence-corrected chi connectivity index (χ3v) is 4.49. The number of nitrogens with one attached hydrogen (secondary N) is 1. The summed E-state index contributed by atoms with van der Waals surface area (Å²) in [5.74, 6) is -1.39. The van der Waals surface area contributed by atoms with Gasteiger partial charge in [-0.3, -0.25) is 20.3 Å². The van der Waals surface area contributed by atoms with E-state index in [4.69, 9.17) is 9.47 Å². The number of nitro groups is 1. The van der Waals surface area contributed by atoms with Crippen LogP contribution in [-0.4, -0.2) is 40.6 Å². The molecule has 1 aliphatic rings. The molecule has 1 saturated heterocycles. The highest BCUT2D eigenvalue weighted by Gasteiger charge is 2.49. The highest BCUT2D eigenvalue weighted by molar-refractivity contribution is 5.96. The smallest absolute Gasteiger partial charge is 0.430 e. The molecule has 0 bridgehead atoms. The molecule has 1 aliphatic heterocycles. The molecule has 10 nitrogen and oxygen atoms in total. The van der Waals surface area contributed by atoms with Crippen molar-refractivity contribution in [1.29, 1.82) is 0 Å². The third kappa shape index (κ3) is 4.22. The number of hydrazine groups is 1. The molecule has 0 saturated carbocycles. The lowest BCUT2D eigenvalue weighted by Crippen LogP contribution is -2.51. The Kier molecular flexibility index (Phi) is 5.95. The molecule has 2 aromatic rings. The van der Waals surface area contributed by atoms with Crippen molar-refractivity contribution in [3.05, 3.63) is 75.3 Å². The summed E-state index contributed by atoms with van der Waals surface area (Å²) in [6, 6.07) is 10.6. The summed E-state index contributed by atoms with van der Waals surface area (Å²) in [6.07, 6.45) is -2.06. The standard InChI is InChI=1S/C20H19N3O7/c1-3-29-19(25)16-17(13-8-10-15(11-9-13)23(27)28)30-20(26)22(16)21-18(24)14-6-4-12(2)5-7-14/h4-11,16-17H,3H2,1-2H3,(H,21,24)/t16-,17-/m0/s1. The molecule has 1 heterocycles. The van der Waals surface area contributed by atoms with E-state index in [1.165, 1.54) is 24.3 Å². The maximum Gasteiger partial charge on any atom is 0.430 e. The van der Waals surface area contributed by atoms with E-state index in [0.717, 1.165) is 10.6 Å². The number of esters is 1. The number of cyclic esters (lactones) is 1. The fourth-order valence-electron chi connectivity index (χ4n) is 2.97. The maximum absolute atomic E-state index is 12.6. The number of carbonyl (C=O) groups is 3. The summed E-state index contributed by atoms with van der Waals surface area (Å²) >= 11 is 0. The average molecular weight is 413 g/mol. The van der Waals surface area contributed by atoms with E-state index in [1.807, 2.05) is 6.92 Å². The molecule has 1 N–H and O–H groups in total. The van der Waals surface area contributed by atoms with Gasteiger partial charge in [0, 0.05) is 17.7 Å². The van der Waals surface area contributed by atoms with Crippen LogP contribution in [0.15, 0.2) is 48.5 Å². The monoisotopic (exact) mass is 413 g/mol. The van der Waals surface area contributed by atoms with Crippen LogP contribution >= 0.6 is 0 Å². The fraction of sp³-hybridized carbons (Fsp3) is 0.250. The van der Waals surface area contributed by atoms with Crippen LogP contribution < -0.4 is 5.43 Å². The van der Waals surface area contributed by atoms with Gasteiger partial charge in [-0.25, -0.2) is 9.59 Å². The minimum atomic E-state index is -1.30. The molecule has 30 heavy (non-hydrogen) atoms. The Bertz CT molecular complexity index is 973. The summed E-state index contributed by atoms with van der Waals surface area (Å²) in [5.41, 5.74) is 3.83. The molecule has 0 unspecified atom stereocenters. The van der Waals surface area contributed by atoms with Gasteiger partial charge in [0.1, 0.15) is 0 Å². The topological polar surface area (TPSA) is 128 Å². The number of nitrogens with zero attached hydrogens (tertiary/aromatic N) is 2. The van der Waals surface area contributed by atoms with Gasteiger partial charge >= 0.3 is 12.1 Å². The predicted octanol–water partition coefficient (Wildman–Crippen LogP) is 2.67. The summed E-state index contributed by atoms with van der Waals surface area (Å²) in [5, 5.41) is 11.6. The van der Waals surface area contributed by atoms with Crippen LogP contribution in [0.5, 0.6) is 0 Å². The van der Waals surface area contributed by atoms with Crippen molar-refractivity contribution in [3.8, 4) is 0 Å². The van der Waals surface area contributed by atoms with Crippen LogP contribution in [0.4, 0.5) is 10.5 Å². The first-order valence-electron chi connectivity index (χ1n) is 9.10. The largest absolute Gasteiger partial charge is 0.464 e. The van der Waals surface area contributed by atoms with Gasteiger partial charge in [0.15, 0.2) is 12.1 Å². The third-order valence-electron chi connectivity index (χ3n) is 4.49. The normalized spacial score (nSPS) is 17.9. The number of rotatable bonds is 6. The van der Waals surface area contributed by atoms with Crippen molar-refractivity contribution in [2.45, 2.75) is 26.0 Å². The van der Waals surface area contributed by atoms with E-state index >= 15 is 0 Å². The molecule has 2 atom stereocenters. The summed E-state index contributed by atoms with van der Waals surface area (Å²) in [4.78, 5) is 47.9. The number of benzene rings is 2. The number of nitro benzene ring substituents is 1. The lowest BCUT2D eigenvalue weighted by molar-refractivity contribution is -0.384. The first kappa shape index (κ1) is 20.8. The van der Waals surface area contributed by atoms with Crippen LogP contribution in [-0.2, 0) is 14.3 Å². The first-order valence-corrected chi connectivity index (χ1v) is 9.10. The van der Waals surface area contributed by atoms with E-state index in [1.54, 1.807) is 31.2 Å². The Labute approximate surface area is 171 Å². The Morgan fingerprint density at radius 3 is 2.37 bits per heavy atom. The second-order valence-electron chi connectivity index (χ2n) is 6.53. The molecule has 0 aliphatic carbocycles. The summed E-state index contributed by atoms with van der Waals surface area (Å²) < 4.78 is 10.3. The average Bonchev–Trinajstić information content (AvgIpc) is 3.05. The van der Waals surface area contributed by atoms with E-state index in [-0.39, 0.29) is 17.9 Å². The van der Waals surface area contributed by atoms with Crippen molar-refractivity contribution >= 4 is 23.7 Å². The lowest BCUT2D eigenvalue weighted by atomic mass is 10.0. The van der Waals surface area contributed by atoms with E-state index in [0.29, 0.717) is 5.56 Å². The van der Waals surface area contributed by atoms with E-state index in [9.17, 15) is 24.5 Å². The van der Waals surface area contributed by atoms with Gasteiger partial charge in [0.25, 0.3) is 11.6 Å². The molecule has 0 spiro atoms. The van der Waals surface area contributed by atoms with E-state index in [2.05, 4.69) is 5.43 Å². The number of aryl methyl sites for hydroxylation is 1. The van der Waals surface area contributed by atoms with Crippen molar-refractivity contribution < 1.29 is 28.8 Å². The lowest BCUT2D eigenvalue weighted by Gasteiger charge is -2.23. The van der Waals surface area contributed by atoms with E-state index < -0.39 is 35.0 Å². The number of amides is 2. The Morgan fingerprint density at radius 1 is 1.17 bits per heavy atom. The first-order chi connectivity index (χ1) is 14.3. The Hall–Kier alpha value is -3.95. The van der Waals surface area contributed by atoms with Gasteiger partial charge in [-0.1, -0.05) is 17.7 Å². The van der Waals surface area contributed by atoms with Crippen LogP contribution in [0.1, 0.15) is 34.5 Å². The van der Waals surface area contributed by atoms with Crippen LogP contribution in [0.3, 0.4) is 0 Å². The maximum atomic E-state index is 12.6. The second-order valence-corrected chi connectivity index (χ2v) is 6.53. The van der Waals surface area contributed by atoms with Crippen molar-refractivity contribution in [2.75, 3.05) is 6.61 Å². The number of non-ortho nitro benzene ring substituents is 1. The van der Waals surface area contributed by atoms with Crippen LogP contribution in [0.2, 0.25) is 0 Å². The zero-order valence-corrected chi connectivity index (χ0v) is 16.2. The molecule has 2 amide bonds. The summed E-state index contributed by atoms with van der Waals surface area (Å²) in [6.45, 7) is 3.52. The van der Waals surface area contributed by atoms with Gasteiger partial charge in [0.2, 0.25) is 0 Å². The molecule has 2 aromatic carbocycles. The van der Waals surface area contributed by atoms with Crippen LogP contribution in [0.25, 0.3) is 0 Å². The molecule has 0 aromatic heterocycles. The second kappa shape index (κ2) is 8.60. The van der Waals surface area contributed by atoms with Gasteiger partial charge in [0.05, 0.1) is 11.5 Å². The molecule has 10 heteroatoms. The minimum absolute atomic E-state index is 0.0518. The van der Waals surface area contributed by atoms with Crippen LogP contribution in [0, 0.1) is 17.0 Å². The van der Waals surface area contributed by atoms with Gasteiger partial charge in [-0.15, -0.1) is 0 Å². The highest BCUT2D eigenvalue weighted by Crippen LogP contribution is 2.33. The molecule has 0 radical (unpaired) electrons. The summed E-state index contributed by atoms with van der Waals surface area (Å²) in [7, 11) is 0. The minimum Gasteiger partial charge on any atom is -0.464 e. The predicted molar refractivity (Wildman–Crippen MR) is 103 cm³/mol. The molecule has 3 rings (SSSR count). The highest BCUT2D eigenvalue weighted by atomic mass is 16.6. The van der Waals surface area contributed by atoms with Gasteiger partial charge in [-0.05, 0) is 43.7 Å². The molecule has 1 fully saturated rings. The number of hydrogen-bond donors (Lipinski definition) is 1. The Balaban J connectivity index is 1.88. The SMILES string of the molecule is CCOC(=O)[C@@H]1[C@H](c2ccc([N+](=O)[O-])cc2)OC(=O)N1NC(=O)c1ccc(C)cc1. The number of hydrogen-bond acceptors (Lipinski definition) is 7. The zero-order valence-electron chi connectivity index (χ0n) is 16.2. The number of carbonyl (C=O) groups excluding carboxylic acids is 3. The van der Waals surface area contributed by atoms with Crippen molar-refractivity contribution in [2.24, 2.45) is 0 Å². The molecular formula is C20H19N3O7. The number of ether oxygens (including phenoxy) is 2. The van der Waals surface area contributed by atoms with Crippen molar-refractivity contribution in [1.82, 2.24) is 10.4 Å². The van der Waals surface area contributed by atoms with Gasteiger partial charge < -0.3 is 9.47 Å². The molecule has 156 valence electrons. The van der Waals surface area contributed by atoms with Crippen molar-refractivity contribution in [3.63, 3.8) is 0 Å². The molecular weight excluding hydrogens is 394 g/mol. The Morgan fingerprint density at radius 2 is 1.80 bits per heavy atom.